The maximum absolute atomic E-state index is 10.9. The summed E-state index contributed by atoms with van der Waals surface area (Å²) in [6.45, 7) is 2.06. The van der Waals surface area contributed by atoms with E-state index in [2.05, 4.69) is 10.3 Å². The molecule has 0 spiro atoms. The first-order valence-electron chi connectivity index (χ1n) is 6.54. The van der Waals surface area contributed by atoms with Crippen LogP contribution in [0.2, 0.25) is 0 Å². The molecular weight excluding hydrogens is 284 g/mol. The molecule has 0 saturated heterocycles. The number of amides is 1. The van der Waals surface area contributed by atoms with Gasteiger partial charge in [0.2, 0.25) is 5.91 Å². The number of carbonyl (C=O) groups excluding carboxylic acids is 1. The van der Waals surface area contributed by atoms with Crippen molar-refractivity contribution in [1.82, 2.24) is 10.3 Å². The molecule has 2 heterocycles. The Morgan fingerprint density at radius 1 is 1.24 bits per heavy atom. The zero-order chi connectivity index (χ0) is 14.7. The normalized spacial score (nSPS) is 10.5. The summed E-state index contributed by atoms with van der Waals surface area (Å²) < 4.78 is 5.08. The minimum atomic E-state index is -0.0247. The van der Waals surface area contributed by atoms with Crippen molar-refractivity contribution in [1.29, 1.82) is 0 Å². The van der Waals surface area contributed by atoms with E-state index in [-0.39, 0.29) is 5.91 Å². The zero-order valence-electron chi connectivity index (χ0n) is 11.5. The van der Waals surface area contributed by atoms with Gasteiger partial charge in [-0.3, -0.25) is 4.79 Å². The molecule has 5 heteroatoms. The minimum Gasteiger partial charge on any atom is -0.472 e. The standard InChI is InChI=1S/C16H14N2O2S/c1-11(19)17-8-12-2-4-13(5-3-12)15-10-21-16(18-15)14-6-7-20-9-14/h2-7,9-10H,8H2,1H3,(H,17,19). The molecule has 3 aromatic rings. The van der Waals surface area contributed by atoms with Crippen LogP contribution in [0.15, 0.2) is 52.7 Å². The van der Waals surface area contributed by atoms with Gasteiger partial charge in [-0.1, -0.05) is 24.3 Å². The number of hydrogen-bond donors (Lipinski definition) is 1. The second kappa shape index (κ2) is 5.93. The van der Waals surface area contributed by atoms with Gasteiger partial charge < -0.3 is 9.73 Å². The molecule has 1 aromatic carbocycles. The van der Waals surface area contributed by atoms with Crippen molar-refractivity contribution in [2.75, 3.05) is 0 Å². The highest BCUT2D eigenvalue weighted by atomic mass is 32.1. The van der Waals surface area contributed by atoms with Crippen molar-refractivity contribution in [2.24, 2.45) is 0 Å². The molecular formula is C16H14N2O2S. The van der Waals surface area contributed by atoms with Crippen molar-refractivity contribution in [3.8, 4) is 21.8 Å². The lowest BCUT2D eigenvalue weighted by molar-refractivity contribution is -0.119. The predicted molar refractivity (Wildman–Crippen MR) is 82.8 cm³/mol. The van der Waals surface area contributed by atoms with E-state index in [1.54, 1.807) is 23.9 Å². The number of nitrogens with zero attached hydrogens (tertiary/aromatic N) is 1. The summed E-state index contributed by atoms with van der Waals surface area (Å²) >= 11 is 1.59. The van der Waals surface area contributed by atoms with Crippen LogP contribution in [0.3, 0.4) is 0 Å². The predicted octanol–water partition coefficient (Wildman–Crippen LogP) is 3.71. The highest BCUT2D eigenvalue weighted by Crippen LogP contribution is 2.29. The van der Waals surface area contributed by atoms with E-state index >= 15 is 0 Å². The minimum absolute atomic E-state index is 0.0247. The van der Waals surface area contributed by atoms with E-state index in [9.17, 15) is 4.79 Å². The molecule has 0 saturated carbocycles. The molecule has 0 fully saturated rings. The van der Waals surface area contributed by atoms with Crippen LogP contribution in [0.25, 0.3) is 21.8 Å². The van der Waals surface area contributed by atoms with Gasteiger partial charge in [0.1, 0.15) is 11.3 Å². The molecule has 0 bridgehead atoms. The van der Waals surface area contributed by atoms with Crippen LogP contribution in [0, 0.1) is 0 Å². The summed E-state index contributed by atoms with van der Waals surface area (Å²) in [5, 5.41) is 5.76. The van der Waals surface area contributed by atoms with E-state index in [0.29, 0.717) is 6.54 Å². The fourth-order valence-corrected chi connectivity index (χ4v) is 2.76. The molecule has 106 valence electrons. The van der Waals surface area contributed by atoms with E-state index in [1.165, 1.54) is 6.92 Å². The smallest absolute Gasteiger partial charge is 0.217 e. The largest absolute Gasteiger partial charge is 0.472 e. The first kappa shape index (κ1) is 13.6. The summed E-state index contributed by atoms with van der Waals surface area (Å²) in [6.07, 6.45) is 3.34. The van der Waals surface area contributed by atoms with Gasteiger partial charge in [0, 0.05) is 30.0 Å². The number of benzene rings is 1. The van der Waals surface area contributed by atoms with Crippen LogP contribution in [-0.2, 0) is 11.3 Å². The van der Waals surface area contributed by atoms with E-state index in [4.69, 9.17) is 4.42 Å². The van der Waals surface area contributed by atoms with Gasteiger partial charge in [-0.25, -0.2) is 4.98 Å². The Balaban J connectivity index is 1.76. The van der Waals surface area contributed by atoms with E-state index < -0.39 is 0 Å². The fraction of sp³-hybridized carbons (Fsp3) is 0.125. The number of rotatable bonds is 4. The fourth-order valence-electron chi connectivity index (χ4n) is 1.94. The van der Waals surface area contributed by atoms with Gasteiger partial charge in [0.25, 0.3) is 0 Å². The molecule has 0 atom stereocenters. The van der Waals surface area contributed by atoms with E-state index in [1.807, 2.05) is 35.7 Å². The quantitative estimate of drug-likeness (QED) is 0.799. The second-order valence-electron chi connectivity index (χ2n) is 4.66. The Morgan fingerprint density at radius 2 is 2.05 bits per heavy atom. The Kier molecular flexibility index (Phi) is 3.83. The van der Waals surface area contributed by atoms with Gasteiger partial charge >= 0.3 is 0 Å². The van der Waals surface area contributed by atoms with E-state index in [0.717, 1.165) is 27.4 Å². The van der Waals surface area contributed by atoms with Crippen LogP contribution >= 0.6 is 11.3 Å². The van der Waals surface area contributed by atoms with Gasteiger partial charge in [0.15, 0.2) is 0 Å². The first-order valence-corrected chi connectivity index (χ1v) is 7.42. The van der Waals surface area contributed by atoms with Gasteiger partial charge in [-0.2, -0.15) is 0 Å². The SMILES string of the molecule is CC(=O)NCc1ccc(-c2csc(-c3ccoc3)n2)cc1. The first-order chi connectivity index (χ1) is 10.2. The zero-order valence-corrected chi connectivity index (χ0v) is 12.3. The lowest BCUT2D eigenvalue weighted by Crippen LogP contribution is -2.18. The number of aromatic nitrogens is 1. The lowest BCUT2D eigenvalue weighted by Gasteiger charge is -2.03. The average Bonchev–Trinajstić information content (AvgIpc) is 3.16. The Hall–Kier alpha value is -2.40. The topological polar surface area (TPSA) is 55.1 Å². The number of hydrogen-bond acceptors (Lipinski definition) is 4. The van der Waals surface area contributed by atoms with Crippen LogP contribution in [0.1, 0.15) is 12.5 Å². The molecule has 21 heavy (non-hydrogen) atoms. The summed E-state index contributed by atoms with van der Waals surface area (Å²) in [5.41, 5.74) is 4.07. The molecule has 0 aliphatic carbocycles. The molecule has 2 aromatic heterocycles. The van der Waals surface area contributed by atoms with Crippen molar-refractivity contribution in [3.63, 3.8) is 0 Å². The molecule has 0 unspecified atom stereocenters. The van der Waals surface area contributed by atoms with Gasteiger partial charge in [-0.15, -0.1) is 11.3 Å². The van der Waals surface area contributed by atoms with Gasteiger partial charge in [0.05, 0.1) is 12.0 Å². The van der Waals surface area contributed by atoms with Crippen LogP contribution < -0.4 is 5.32 Å². The summed E-state index contributed by atoms with van der Waals surface area (Å²) in [6, 6.07) is 9.94. The lowest BCUT2D eigenvalue weighted by atomic mass is 10.1. The molecule has 3 rings (SSSR count). The monoisotopic (exact) mass is 298 g/mol. The Morgan fingerprint density at radius 3 is 2.71 bits per heavy atom. The van der Waals surface area contributed by atoms with Crippen molar-refractivity contribution in [2.45, 2.75) is 13.5 Å². The Bertz CT molecular complexity index is 730. The van der Waals surface area contributed by atoms with Crippen molar-refractivity contribution < 1.29 is 9.21 Å². The summed E-state index contributed by atoms with van der Waals surface area (Å²) in [5.74, 6) is -0.0247. The van der Waals surface area contributed by atoms with Crippen LogP contribution in [0.4, 0.5) is 0 Å². The Labute approximate surface area is 126 Å². The number of furan rings is 1. The molecule has 0 radical (unpaired) electrons. The van der Waals surface area contributed by atoms with Crippen molar-refractivity contribution >= 4 is 17.2 Å². The summed E-state index contributed by atoms with van der Waals surface area (Å²) in [4.78, 5) is 15.5. The third-order valence-corrected chi connectivity index (χ3v) is 3.95. The highest BCUT2D eigenvalue weighted by molar-refractivity contribution is 7.13. The maximum atomic E-state index is 10.9. The third kappa shape index (κ3) is 3.20. The molecule has 1 N–H and O–H groups in total. The highest BCUT2D eigenvalue weighted by Gasteiger charge is 2.07. The molecule has 0 aliphatic rings. The third-order valence-electron chi connectivity index (χ3n) is 3.06. The second-order valence-corrected chi connectivity index (χ2v) is 5.51. The maximum Gasteiger partial charge on any atom is 0.217 e. The molecule has 1 amide bonds. The number of carbonyl (C=O) groups is 1. The van der Waals surface area contributed by atoms with Crippen LogP contribution in [-0.4, -0.2) is 10.9 Å². The number of thiazole rings is 1. The molecule has 0 aliphatic heterocycles. The summed E-state index contributed by atoms with van der Waals surface area (Å²) in [7, 11) is 0. The molecule has 4 nitrogen and oxygen atoms in total. The van der Waals surface area contributed by atoms with Crippen molar-refractivity contribution in [3.05, 3.63) is 53.8 Å². The number of nitrogens with one attached hydrogen (secondary N) is 1. The average molecular weight is 298 g/mol. The van der Waals surface area contributed by atoms with Crippen LogP contribution in [0.5, 0.6) is 0 Å². The van der Waals surface area contributed by atoms with Gasteiger partial charge in [-0.05, 0) is 11.6 Å².